The van der Waals surface area contributed by atoms with Crippen LogP contribution in [0.2, 0.25) is 0 Å². The summed E-state index contributed by atoms with van der Waals surface area (Å²) < 4.78 is 7.23. The Labute approximate surface area is 145 Å². The summed E-state index contributed by atoms with van der Waals surface area (Å²) >= 11 is 1.54. The molecule has 3 heterocycles. The first kappa shape index (κ1) is 15.2. The van der Waals surface area contributed by atoms with E-state index < -0.39 is 4.92 Å². The van der Waals surface area contributed by atoms with E-state index in [1.54, 1.807) is 40.1 Å². The first-order valence-electron chi connectivity index (χ1n) is 7.30. The quantitative estimate of drug-likeness (QED) is 0.408. The predicted molar refractivity (Wildman–Crippen MR) is 92.0 cm³/mol. The lowest BCUT2D eigenvalue weighted by atomic mass is 10.2. The second kappa shape index (κ2) is 5.95. The number of rotatable bonds is 4. The molecule has 0 spiro atoms. The van der Waals surface area contributed by atoms with Gasteiger partial charge in [-0.2, -0.15) is 15.9 Å². The lowest BCUT2D eigenvalue weighted by Crippen LogP contribution is -1.99. The third kappa shape index (κ3) is 2.81. The third-order valence-electron chi connectivity index (χ3n) is 3.54. The van der Waals surface area contributed by atoms with E-state index in [2.05, 4.69) is 15.3 Å². The molecular formula is C16H11N5O3S. The molecule has 0 atom stereocenters. The molecule has 0 aliphatic heterocycles. The number of fused-ring (bicyclic) bond motifs is 1. The van der Waals surface area contributed by atoms with E-state index in [-0.39, 0.29) is 17.3 Å². The molecule has 0 radical (unpaired) electrons. The van der Waals surface area contributed by atoms with E-state index in [1.165, 1.54) is 6.07 Å². The van der Waals surface area contributed by atoms with E-state index >= 15 is 0 Å². The highest BCUT2D eigenvalue weighted by molar-refractivity contribution is 7.08. The van der Waals surface area contributed by atoms with Crippen molar-refractivity contribution in [2.75, 3.05) is 0 Å². The number of nitrogens with zero attached hydrogens (tertiary/aromatic N) is 5. The summed E-state index contributed by atoms with van der Waals surface area (Å²) in [7, 11) is 0. The van der Waals surface area contributed by atoms with Crippen molar-refractivity contribution in [2.45, 2.75) is 6.92 Å². The SMILES string of the molecule is Cc1ccc([N+](=O)[O-])c(Oc2ccc3nnc(-c4ccsc4)n3n2)c1. The highest BCUT2D eigenvalue weighted by atomic mass is 32.1. The number of benzene rings is 1. The lowest BCUT2D eigenvalue weighted by Gasteiger charge is -2.07. The van der Waals surface area contributed by atoms with Gasteiger partial charge in [0.15, 0.2) is 11.5 Å². The number of aromatic nitrogens is 4. The Kier molecular flexibility index (Phi) is 3.62. The van der Waals surface area contributed by atoms with Gasteiger partial charge in [-0.1, -0.05) is 6.07 Å². The Hall–Kier alpha value is -3.33. The van der Waals surface area contributed by atoms with Crippen LogP contribution in [0.3, 0.4) is 0 Å². The van der Waals surface area contributed by atoms with Gasteiger partial charge in [-0.25, -0.2) is 0 Å². The molecule has 9 heteroatoms. The molecule has 1 aromatic carbocycles. The Bertz CT molecular complexity index is 1070. The van der Waals surface area contributed by atoms with Gasteiger partial charge < -0.3 is 4.74 Å². The molecule has 0 saturated heterocycles. The Balaban J connectivity index is 1.77. The zero-order chi connectivity index (χ0) is 17.4. The number of aryl methyl sites for hydroxylation is 1. The molecule has 8 nitrogen and oxygen atoms in total. The summed E-state index contributed by atoms with van der Waals surface area (Å²) in [6.07, 6.45) is 0. The summed E-state index contributed by atoms with van der Waals surface area (Å²) in [4.78, 5) is 10.7. The molecular weight excluding hydrogens is 342 g/mol. The average molecular weight is 353 g/mol. The maximum atomic E-state index is 11.2. The normalized spacial score (nSPS) is 10.9. The molecule has 0 fully saturated rings. The van der Waals surface area contributed by atoms with Crippen LogP contribution in [-0.4, -0.2) is 24.7 Å². The van der Waals surface area contributed by atoms with Crippen molar-refractivity contribution in [3.05, 3.63) is 62.8 Å². The van der Waals surface area contributed by atoms with Crippen molar-refractivity contribution in [3.63, 3.8) is 0 Å². The van der Waals surface area contributed by atoms with Crippen LogP contribution in [0.1, 0.15) is 5.56 Å². The molecule has 0 aliphatic rings. The number of thiophene rings is 1. The number of hydrogen-bond acceptors (Lipinski definition) is 7. The second-order valence-corrected chi connectivity index (χ2v) is 6.09. The van der Waals surface area contributed by atoms with E-state index in [1.807, 2.05) is 23.8 Å². The zero-order valence-electron chi connectivity index (χ0n) is 13.0. The van der Waals surface area contributed by atoms with Crippen LogP contribution in [0, 0.1) is 17.0 Å². The monoisotopic (exact) mass is 353 g/mol. The molecule has 4 aromatic rings. The van der Waals surface area contributed by atoms with Crippen LogP contribution in [0.15, 0.2) is 47.2 Å². The van der Waals surface area contributed by atoms with Gasteiger partial charge >= 0.3 is 5.69 Å². The second-order valence-electron chi connectivity index (χ2n) is 5.31. The van der Waals surface area contributed by atoms with Crippen molar-refractivity contribution < 1.29 is 9.66 Å². The Morgan fingerprint density at radius 3 is 2.84 bits per heavy atom. The first-order chi connectivity index (χ1) is 12.1. The largest absolute Gasteiger partial charge is 0.430 e. The number of ether oxygens (including phenoxy) is 1. The van der Waals surface area contributed by atoms with Crippen molar-refractivity contribution in [1.29, 1.82) is 0 Å². The van der Waals surface area contributed by atoms with E-state index in [0.717, 1.165) is 11.1 Å². The molecule has 0 saturated carbocycles. The fourth-order valence-corrected chi connectivity index (χ4v) is 3.00. The minimum atomic E-state index is -0.483. The summed E-state index contributed by atoms with van der Waals surface area (Å²) in [5, 5.41) is 27.6. The lowest BCUT2D eigenvalue weighted by molar-refractivity contribution is -0.385. The molecule has 0 amide bonds. The standard InChI is InChI=1S/C16H11N5O3S/c1-10-2-3-12(21(22)23)13(8-10)24-15-5-4-14-17-18-16(20(14)19-15)11-6-7-25-9-11/h2-9H,1H3. The van der Waals surface area contributed by atoms with Gasteiger partial charge in [0, 0.05) is 23.1 Å². The molecule has 0 aliphatic carbocycles. The summed E-state index contributed by atoms with van der Waals surface area (Å²) in [5.74, 6) is 0.944. The van der Waals surface area contributed by atoms with Gasteiger partial charge in [0.05, 0.1) is 4.92 Å². The van der Waals surface area contributed by atoms with Gasteiger partial charge in [0.25, 0.3) is 0 Å². The van der Waals surface area contributed by atoms with Crippen molar-refractivity contribution in [2.24, 2.45) is 0 Å². The first-order valence-corrected chi connectivity index (χ1v) is 8.24. The molecule has 0 N–H and O–H groups in total. The Morgan fingerprint density at radius 2 is 2.08 bits per heavy atom. The fourth-order valence-electron chi connectivity index (χ4n) is 2.36. The smallest absolute Gasteiger partial charge is 0.311 e. The maximum Gasteiger partial charge on any atom is 0.311 e. The molecule has 4 rings (SSSR count). The molecule has 0 bridgehead atoms. The van der Waals surface area contributed by atoms with Crippen LogP contribution in [0.4, 0.5) is 5.69 Å². The van der Waals surface area contributed by atoms with Gasteiger partial charge in [-0.3, -0.25) is 10.1 Å². The highest BCUT2D eigenvalue weighted by Gasteiger charge is 2.17. The number of nitro benzene ring substituents is 1. The maximum absolute atomic E-state index is 11.2. The minimum Gasteiger partial charge on any atom is -0.430 e. The Morgan fingerprint density at radius 1 is 1.20 bits per heavy atom. The van der Waals surface area contributed by atoms with E-state index in [0.29, 0.717) is 11.5 Å². The van der Waals surface area contributed by atoms with Crippen LogP contribution >= 0.6 is 11.3 Å². The van der Waals surface area contributed by atoms with Gasteiger partial charge in [-0.05, 0) is 36.1 Å². The zero-order valence-corrected chi connectivity index (χ0v) is 13.8. The molecule has 0 unspecified atom stereocenters. The fraction of sp³-hybridized carbons (Fsp3) is 0.0625. The number of nitro groups is 1. The summed E-state index contributed by atoms with van der Waals surface area (Å²) in [6.45, 7) is 1.83. The van der Waals surface area contributed by atoms with Crippen LogP contribution in [0.25, 0.3) is 17.0 Å². The molecule has 124 valence electrons. The number of hydrogen-bond donors (Lipinski definition) is 0. The molecule has 3 aromatic heterocycles. The van der Waals surface area contributed by atoms with Gasteiger partial charge in [-0.15, -0.1) is 15.3 Å². The van der Waals surface area contributed by atoms with Gasteiger partial charge in [0.2, 0.25) is 11.6 Å². The minimum absolute atomic E-state index is 0.116. The van der Waals surface area contributed by atoms with Crippen molar-refractivity contribution in [1.82, 2.24) is 19.8 Å². The van der Waals surface area contributed by atoms with Crippen LogP contribution in [0.5, 0.6) is 11.6 Å². The average Bonchev–Trinajstić information content (AvgIpc) is 3.23. The third-order valence-corrected chi connectivity index (χ3v) is 4.23. The predicted octanol–water partition coefficient (Wildman–Crippen LogP) is 3.86. The van der Waals surface area contributed by atoms with Crippen molar-refractivity contribution >= 4 is 22.7 Å². The van der Waals surface area contributed by atoms with Crippen molar-refractivity contribution in [3.8, 4) is 23.0 Å². The molecule has 25 heavy (non-hydrogen) atoms. The summed E-state index contributed by atoms with van der Waals surface area (Å²) in [6, 6.07) is 9.91. The van der Waals surface area contributed by atoms with Gasteiger partial charge in [0.1, 0.15) is 0 Å². The van der Waals surface area contributed by atoms with E-state index in [9.17, 15) is 10.1 Å². The van der Waals surface area contributed by atoms with E-state index in [4.69, 9.17) is 4.74 Å². The van der Waals surface area contributed by atoms with Crippen LogP contribution in [-0.2, 0) is 0 Å². The topological polar surface area (TPSA) is 95.5 Å². The van der Waals surface area contributed by atoms with Crippen LogP contribution < -0.4 is 4.74 Å². The highest BCUT2D eigenvalue weighted by Crippen LogP contribution is 2.31. The summed E-state index contributed by atoms with van der Waals surface area (Å²) in [5.41, 5.74) is 2.19.